The maximum Gasteiger partial charge on any atom is 0.118 e. The van der Waals surface area contributed by atoms with E-state index in [9.17, 15) is 15.3 Å². The largest absolute Gasteiger partial charge is 0.387 e. The minimum absolute atomic E-state index is 0.508. The lowest BCUT2D eigenvalue weighted by Crippen LogP contribution is -2.62. The molecular formula is C14H30O3. The summed E-state index contributed by atoms with van der Waals surface area (Å²) in [5, 5.41) is 30.5. The van der Waals surface area contributed by atoms with Crippen molar-refractivity contribution >= 4 is 0 Å². The molecule has 0 fully saturated rings. The predicted molar refractivity (Wildman–Crippen MR) is 70.9 cm³/mol. The molecule has 0 aromatic carbocycles. The van der Waals surface area contributed by atoms with E-state index in [2.05, 4.69) is 6.92 Å². The van der Waals surface area contributed by atoms with Crippen LogP contribution >= 0.6 is 0 Å². The van der Waals surface area contributed by atoms with E-state index in [0.717, 1.165) is 19.3 Å². The number of aliphatic hydroxyl groups is 3. The summed E-state index contributed by atoms with van der Waals surface area (Å²) >= 11 is 0. The Balaban J connectivity index is 4.28. The van der Waals surface area contributed by atoms with E-state index in [1.165, 1.54) is 33.6 Å². The average Bonchev–Trinajstić information content (AvgIpc) is 2.15. The van der Waals surface area contributed by atoms with Crippen molar-refractivity contribution in [2.45, 2.75) is 89.9 Å². The lowest BCUT2D eigenvalue weighted by atomic mass is 9.72. The zero-order valence-corrected chi connectivity index (χ0v) is 12.1. The fourth-order valence-corrected chi connectivity index (χ4v) is 1.98. The van der Waals surface area contributed by atoms with Gasteiger partial charge >= 0.3 is 0 Å². The number of hydrogen-bond acceptors (Lipinski definition) is 3. The van der Waals surface area contributed by atoms with Gasteiger partial charge in [0.1, 0.15) is 5.60 Å². The summed E-state index contributed by atoms with van der Waals surface area (Å²) in [5.74, 6) is 0. The second-order valence-electron chi connectivity index (χ2n) is 6.07. The van der Waals surface area contributed by atoms with Crippen molar-refractivity contribution in [1.29, 1.82) is 0 Å². The minimum atomic E-state index is -1.51. The van der Waals surface area contributed by atoms with Crippen molar-refractivity contribution in [3.05, 3.63) is 0 Å². The van der Waals surface area contributed by atoms with Crippen LogP contribution in [-0.4, -0.2) is 32.1 Å². The normalized spacial score (nSPS) is 19.8. The predicted octanol–water partition coefficient (Wildman–Crippen LogP) is 2.62. The van der Waals surface area contributed by atoms with Crippen LogP contribution in [0.2, 0.25) is 0 Å². The van der Waals surface area contributed by atoms with E-state index >= 15 is 0 Å². The van der Waals surface area contributed by atoms with Crippen LogP contribution in [-0.2, 0) is 0 Å². The molecule has 3 N–H and O–H groups in total. The van der Waals surface area contributed by atoms with Gasteiger partial charge in [0.2, 0.25) is 0 Å². The van der Waals surface area contributed by atoms with Gasteiger partial charge < -0.3 is 15.3 Å². The SMILES string of the molecule is CCCCCCCC(C)(O)C(C)(O)C(C)(C)O. The van der Waals surface area contributed by atoms with Crippen molar-refractivity contribution in [3.63, 3.8) is 0 Å². The van der Waals surface area contributed by atoms with E-state index in [0.29, 0.717) is 6.42 Å². The topological polar surface area (TPSA) is 60.7 Å². The Kier molecular flexibility index (Phi) is 6.12. The molecule has 0 aromatic heterocycles. The molecule has 17 heavy (non-hydrogen) atoms. The van der Waals surface area contributed by atoms with Gasteiger partial charge in [-0.05, 0) is 34.1 Å². The van der Waals surface area contributed by atoms with Crippen molar-refractivity contribution < 1.29 is 15.3 Å². The van der Waals surface area contributed by atoms with Crippen LogP contribution in [0.15, 0.2) is 0 Å². The van der Waals surface area contributed by atoms with E-state index in [-0.39, 0.29) is 0 Å². The summed E-state index contributed by atoms with van der Waals surface area (Å²) in [6.07, 6.45) is 6.01. The Morgan fingerprint density at radius 2 is 1.24 bits per heavy atom. The third-order valence-electron chi connectivity index (χ3n) is 4.01. The molecule has 104 valence electrons. The summed E-state index contributed by atoms with van der Waals surface area (Å²) in [4.78, 5) is 0. The van der Waals surface area contributed by atoms with Crippen LogP contribution in [0.1, 0.15) is 73.1 Å². The van der Waals surface area contributed by atoms with Gasteiger partial charge in [-0.2, -0.15) is 0 Å². The number of unbranched alkanes of at least 4 members (excludes halogenated alkanes) is 4. The zero-order valence-electron chi connectivity index (χ0n) is 12.1. The zero-order chi connectivity index (χ0) is 13.7. The minimum Gasteiger partial charge on any atom is -0.387 e. The highest BCUT2D eigenvalue weighted by Gasteiger charge is 2.51. The summed E-state index contributed by atoms with van der Waals surface area (Å²) < 4.78 is 0. The first-order valence-corrected chi connectivity index (χ1v) is 6.73. The Morgan fingerprint density at radius 1 is 0.765 bits per heavy atom. The van der Waals surface area contributed by atoms with Gasteiger partial charge in [0, 0.05) is 0 Å². The summed E-state index contributed by atoms with van der Waals surface area (Å²) in [6, 6.07) is 0. The highest BCUT2D eigenvalue weighted by molar-refractivity contribution is 5.03. The van der Waals surface area contributed by atoms with Crippen molar-refractivity contribution in [3.8, 4) is 0 Å². The van der Waals surface area contributed by atoms with Gasteiger partial charge in [-0.1, -0.05) is 39.0 Å². The van der Waals surface area contributed by atoms with E-state index in [4.69, 9.17) is 0 Å². The van der Waals surface area contributed by atoms with Gasteiger partial charge in [0.05, 0.1) is 11.2 Å². The molecule has 2 atom stereocenters. The number of hydrogen-bond donors (Lipinski definition) is 3. The highest BCUT2D eigenvalue weighted by Crippen LogP contribution is 2.35. The van der Waals surface area contributed by atoms with Crippen LogP contribution in [0.4, 0.5) is 0 Å². The van der Waals surface area contributed by atoms with Gasteiger partial charge in [-0.15, -0.1) is 0 Å². The molecule has 0 radical (unpaired) electrons. The average molecular weight is 246 g/mol. The molecule has 0 heterocycles. The van der Waals surface area contributed by atoms with Crippen LogP contribution in [0.5, 0.6) is 0 Å². The fourth-order valence-electron chi connectivity index (χ4n) is 1.98. The summed E-state index contributed by atoms with van der Waals surface area (Å²) in [7, 11) is 0. The second kappa shape index (κ2) is 6.17. The molecular weight excluding hydrogens is 216 g/mol. The van der Waals surface area contributed by atoms with Gasteiger partial charge in [0.15, 0.2) is 0 Å². The molecule has 0 bridgehead atoms. The third-order valence-corrected chi connectivity index (χ3v) is 4.01. The first-order valence-electron chi connectivity index (χ1n) is 6.73. The van der Waals surface area contributed by atoms with Crippen LogP contribution in [0.25, 0.3) is 0 Å². The maximum absolute atomic E-state index is 10.3. The lowest BCUT2D eigenvalue weighted by molar-refractivity contribution is -0.221. The molecule has 0 saturated heterocycles. The molecule has 0 aliphatic heterocycles. The molecule has 0 aromatic rings. The van der Waals surface area contributed by atoms with Crippen molar-refractivity contribution in [2.75, 3.05) is 0 Å². The van der Waals surface area contributed by atoms with E-state index in [1.807, 2.05) is 0 Å². The Hall–Kier alpha value is -0.120. The standard InChI is InChI=1S/C14H30O3/c1-6-7-8-9-10-11-13(4,16)14(5,17)12(2,3)15/h15-17H,6-11H2,1-5H3. The van der Waals surface area contributed by atoms with Gasteiger partial charge in [-0.25, -0.2) is 0 Å². The second-order valence-corrected chi connectivity index (χ2v) is 6.07. The maximum atomic E-state index is 10.3. The molecule has 2 unspecified atom stereocenters. The van der Waals surface area contributed by atoms with Crippen LogP contribution < -0.4 is 0 Å². The highest BCUT2D eigenvalue weighted by atomic mass is 16.4. The van der Waals surface area contributed by atoms with Gasteiger partial charge in [-0.3, -0.25) is 0 Å². The lowest BCUT2D eigenvalue weighted by Gasteiger charge is -2.46. The third kappa shape index (κ3) is 4.57. The van der Waals surface area contributed by atoms with E-state index in [1.54, 1.807) is 6.92 Å². The molecule has 0 rings (SSSR count). The fraction of sp³-hybridized carbons (Fsp3) is 1.00. The quantitative estimate of drug-likeness (QED) is 0.577. The summed E-state index contributed by atoms with van der Waals surface area (Å²) in [5.41, 5.74) is -4.10. The Morgan fingerprint density at radius 3 is 1.65 bits per heavy atom. The first-order chi connectivity index (χ1) is 7.56. The molecule has 0 saturated carbocycles. The summed E-state index contributed by atoms with van der Waals surface area (Å²) in [6.45, 7) is 8.32. The Labute approximate surface area is 106 Å². The molecule has 3 nitrogen and oxygen atoms in total. The van der Waals surface area contributed by atoms with Crippen LogP contribution in [0.3, 0.4) is 0 Å². The number of rotatable bonds is 8. The molecule has 0 aliphatic carbocycles. The van der Waals surface area contributed by atoms with E-state index < -0.39 is 16.8 Å². The van der Waals surface area contributed by atoms with Crippen molar-refractivity contribution in [1.82, 2.24) is 0 Å². The smallest absolute Gasteiger partial charge is 0.118 e. The van der Waals surface area contributed by atoms with Crippen molar-refractivity contribution in [2.24, 2.45) is 0 Å². The van der Waals surface area contributed by atoms with Crippen LogP contribution in [0, 0.1) is 0 Å². The van der Waals surface area contributed by atoms with Gasteiger partial charge in [0.25, 0.3) is 0 Å². The monoisotopic (exact) mass is 246 g/mol. The Bertz CT molecular complexity index is 214. The molecule has 0 amide bonds. The molecule has 0 spiro atoms. The molecule has 3 heteroatoms. The first kappa shape index (κ1) is 16.9. The molecule has 0 aliphatic rings.